The van der Waals surface area contributed by atoms with Crippen molar-refractivity contribution in [2.75, 3.05) is 20.3 Å². The summed E-state index contributed by atoms with van der Waals surface area (Å²) in [5.74, 6) is -0.420. The highest BCUT2D eigenvalue weighted by atomic mass is 32.1. The number of aromatic nitrogens is 1. The number of rotatable bonds is 8. The van der Waals surface area contributed by atoms with Gasteiger partial charge in [0.1, 0.15) is 5.01 Å². The molecule has 0 saturated carbocycles. The van der Waals surface area contributed by atoms with E-state index in [1.54, 1.807) is 37.4 Å². The third-order valence-electron chi connectivity index (χ3n) is 3.12. The molecule has 0 aliphatic rings. The van der Waals surface area contributed by atoms with Crippen LogP contribution >= 0.6 is 18.9 Å². The molecule has 24 heavy (non-hydrogen) atoms. The lowest BCUT2D eigenvalue weighted by atomic mass is 10.1. The van der Waals surface area contributed by atoms with Gasteiger partial charge in [-0.25, -0.2) is 9.78 Å². The number of carbonyl (C=O) groups excluding carboxylic acids is 1. The topological polar surface area (TPSA) is 74.7 Å². The molecular formula is C16H20NO5PS. The summed E-state index contributed by atoms with van der Waals surface area (Å²) in [6, 6.07) is 7.09. The minimum Gasteiger partial charge on any atom is -0.465 e. The Morgan fingerprint density at radius 2 is 1.88 bits per heavy atom. The van der Waals surface area contributed by atoms with Gasteiger partial charge in [-0.15, -0.1) is 11.3 Å². The van der Waals surface area contributed by atoms with Gasteiger partial charge in [-0.2, -0.15) is 0 Å². The molecule has 1 heterocycles. The summed E-state index contributed by atoms with van der Waals surface area (Å²) in [7, 11) is -1.86. The first-order valence-electron chi connectivity index (χ1n) is 7.53. The van der Waals surface area contributed by atoms with Gasteiger partial charge in [0.2, 0.25) is 0 Å². The van der Waals surface area contributed by atoms with Crippen LogP contribution in [0.15, 0.2) is 29.6 Å². The first-order valence-corrected chi connectivity index (χ1v) is 10.1. The van der Waals surface area contributed by atoms with E-state index in [1.165, 1.54) is 18.4 Å². The lowest BCUT2D eigenvalue weighted by molar-refractivity contribution is 0.0601. The van der Waals surface area contributed by atoms with E-state index in [-0.39, 0.29) is 6.16 Å². The van der Waals surface area contributed by atoms with Crippen molar-refractivity contribution in [2.45, 2.75) is 20.0 Å². The van der Waals surface area contributed by atoms with Crippen LogP contribution in [-0.2, 0) is 24.5 Å². The summed E-state index contributed by atoms with van der Waals surface area (Å²) in [6.45, 7) is 4.15. The zero-order valence-electron chi connectivity index (χ0n) is 13.9. The molecule has 8 heteroatoms. The first-order chi connectivity index (χ1) is 11.5. The van der Waals surface area contributed by atoms with Gasteiger partial charge in [0.05, 0.1) is 37.7 Å². The highest BCUT2D eigenvalue weighted by Gasteiger charge is 2.26. The fourth-order valence-corrected chi connectivity index (χ4v) is 4.77. The van der Waals surface area contributed by atoms with E-state index in [9.17, 15) is 9.36 Å². The van der Waals surface area contributed by atoms with Gasteiger partial charge < -0.3 is 13.8 Å². The van der Waals surface area contributed by atoms with E-state index in [2.05, 4.69) is 4.98 Å². The first kappa shape index (κ1) is 18.8. The van der Waals surface area contributed by atoms with Gasteiger partial charge in [-0.1, -0.05) is 18.2 Å². The molecule has 2 rings (SSSR count). The van der Waals surface area contributed by atoms with Crippen LogP contribution in [-0.4, -0.2) is 31.3 Å². The minimum atomic E-state index is -3.20. The number of methoxy groups -OCH3 is 1. The Morgan fingerprint density at radius 3 is 2.50 bits per heavy atom. The number of benzene rings is 1. The summed E-state index contributed by atoms with van der Waals surface area (Å²) >= 11 is 1.37. The van der Waals surface area contributed by atoms with E-state index >= 15 is 0 Å². The largest absolute Gasteiger partial charge is 0.465 e. The average Bonchev–Trinajstić information content (AvgIpc) is 3.02. The van der Waals surface area contributed by atoms with Crippen LogP contribution in [0.1, 0.15) is 29.9 Å². The highest BCUT2D eigenvalue weighted by Crippen LogP contribution is 2.51. The fraction of sp³-hybridized carbons (Fsp3) is 0.375. The second kappa shape index (κ2) is 8.53. The molecule has 1 aromatic carbocycles. The van der Waals surface area contributed by atoms with Crippen LogP contribution in [0.25, 0.3) is 10.6 Å². The summed E-state index contributed by atoms with van der Waals surface area (Å²) in [6.07, 6.45) is 0.103. The number of ether oxygens (including phenoxy) is 1. The molecule has 130 valence electrons. The summed E-state index contributed by atoms with van der Waals surface area (Å²) in [5, 5.41) is 2.46. The Kier molecular flexibility index (Phi) is 6.69. The van der Waals surface area contributed by atoms with E-state index in [4.69, 9.17) is 13.8 Å². The maximum Gasteiger partial charge on any atom is 0.338 e. The Bertz CT molecular complexity index is 736. The molecule has 6 nitrogen and oxygen atoms in total. The van der Waals surface area contributed by atoms with Crippen molar-refractivity contribution in [2.24, 2.45) is 0 Å². The Morgan fingerprint density at radius 1 is 1.21 bits per heavy atom. The number of carbonyl (C=O) groups is 1. The molecule has 0 atom stereocenters. The van der Waals surface area contributed by atoms with Crippen molar-refractivity contribution in [1.29, 1.82) is 0 Å². The van der Waals surface area contributed by atoms with E-state index in [1.807, 2.05) is 6.07 Å². The maximum atomic E-state index is 12.6. The molecular weight excluding hydrogens is 349 g/mol. The predicted molar refractivity (Wildman–Crippen MR) is 93.5 cm³/mol. The quantitative estimate of drug-likeness (QED) is 0.508. The normalized spacial score (nSPS) is 11.5. The highest BCUT2D eigenvalue weighted by molar-refractivity contribution is 7.53. The number of esters is 1. The molecule has 2 aromatic rings. The molecule has 0 saturated heterocycles. The molecule has 0 aliphatic heterocycles. The maximum absolute atomic E-state index is 12.6. The van der Waals surface area contributed by atoms with Gasteiger partial charge in [-0.05, 0) is 19.9 Å². The molecule has 0 N–H and O–H groups in total. The number of hydrogen-bond donors (Lipinski definition) is 0. The van der Waals surface area contributed by atoms with E-state index in [0.29, 0.717) is 35.0 Å². The zero-order valence-corrected chi connectivity index (χ0v) is 15.6. The number of hydrogen-bond acceptors (Lipinski definition) is 7. The van der Waals surface area contributed by atoms with Crippen molar-refractivity contribution in [3.8, 4) is 10.6 Å². The van der Waals surface area contributed by atoms with Gasteiger partial charge in [0.15, 0.2) is 0 Å². The molecule has 1 aromatic heterocycles. The number of thiazole rings is 1. The van der Waals surface area contributed by atoms with Crippen molar-refractivity contribution >= 4 is 24.9 Å². The Balaban J connectivity index is 2.28. The third kappa shape index (κ3) is 4.51. The Hall–Kier alpha value is -1.53. The molecule has 0 fully saturated rings. The number of nitrogens with zero attached hydrogens (tertiary/aromatic N) is 1. The Labute approximate surface area is 145 Å². The fourth-order valence-electron chi connectivity index (χ4n) is 2.18. The minimum absolute atomic E-state index is 0.103. The average molecular weight is 369 g/mol. The molecule has 0 unspecified atom stereocenters. The molecule has 0 radical (unpaired) electrons. The third-order valence-corrected chi connectivity index (χ3v) is 6.06. The standard InChI is InChI=1S/C16H20NO5PS/c1-4-21-23(19,22-5-2)10-12-11-24-15(17-12)13-8-6-7-9-14(13)16(18)20-3/h6-9,11H,4-5,10H2,1-3H3. The van der Waals surface area contributed by atoms with Crippen molar-refractivity contribution < 1.29 is 23.1 Å². The predicted octanol–water partition coefficient (Wildman–Crippen LogP) is 4.36. The van der Waals surface area contributed by atoms with Gasteiger partial charge in [-0.3, -0.25) is 4.57 Å². The lowest BCUT2D eigenvalue weighted by Crippen LogP contribution is -2.03. The monoisotopic (exact) mass is 369 g/mol. The summed E-state index contributed by atoms with van der Waals surface area (Å²) in [5.41, 5.74) is 1.74. The SMILES string of the molecule is CCOP(=O)(Cc1csc(-c2ccccc2C(=O)OC)n1)OCC. The van der Waals surface area contributed by atoms with Crippen LogP contribution in [0, 0.1) is 0 Å². The van der Waals surface area contributed by atoms with Crippen LogP contribution in [0.5, 0.6) is 0 Å². The second-order valence-electron chi connectivity index (χ2n) is 4.79. The van der Waals surface area contributed by atoms with Crippen molar-refractivity contribution in [3.05, 3.63) is 40.9 Å². The van der Waals surface area contributed by atoms with E-state index < -0.39 is 13.6 Å². The van der Waals surface area contributed by atoms with Gasteiger partial charge in [0.25, 0.3) is 0 Å². The van der Waals surface area contributed by atoms with Crippen molar-refractivity contribution in [1.82, 2.24) is 4.98 Å². The molecule has 0 aliphatic carbocycles. The van der Waals surface area contributed by atoms with Crippen LogP contribution in [0.4, 0.5) is 0 Å². The zero-order chi connectivity index (χ0) is 17.6. The van der Waals surface area contributed by atoms with Crippen molar-refractivity contribution in [3.63, 3.8) is 0 Å². The van der Waals surface area contributed by atoms with Gasteiger partial charge in [0, 0.05) is 10.9 Å². The second-order valence-corrected chi connectivity index (χ2v) is 7.70. The molecule has 0 amide bonds. The van der Waals surface area contributed by atoms with Crippen LogP contribution in [0.2, 0.25) is 0 Å². The molecule has 0 spiro atoms. The smallest absolute Gasteiger partial charge is 0.338 e. The molecule has 0 bridgehead atoms. The summed E-state index contributed by atoms with van der Waals surface area (Å²) < 4.78 is 28.0. The summed E-state index contributed by atoms with van der Waals surface area (Å²) in [4.78, 5) is 16.4. The van der Waals surface area contributed by atoms with Gasteiger partial charge >= 0.3 is 13.6 Å². The van der Waals surface area contributed by atoms with Crippen LogP contribution in [0.3, 0.4) is 0 Å². The lowest BCUT2D eigenvalue weighted by Gasteiger charge is -2.15. The van der Waals surface area contributed by atoms with E-state index in [0.717, 1.165) is 0 Å². The van der Waals surface area contributed by atoms with Crippen LogP contribution < -0.4 is 0 Å².